The Morgan fingerprint density at radius 2 is 2.20 bits per heavy atom. The molecule has 0 aliphatic carbocycles. The highest BCUT2D eigenvalue weighted by Crippen LogP contribution is 2.36. The lowest BCUT2D eigenvalue weighted by Gasteiger charge is -2.14. The number of nitrogens with zero attached hydrogens (tertiary/aromatic N) is 2. The molecule has 0 radical (unpaired) electrons. The van der Waals surface area contributed by atoms with Crippen LogP contribution in [0, 0.1) is 0 Å². The topological polar surface area (TPSA) is 47.3 Å². The number of benzene rings is 1. The molecule has 0 aliphatic rings. The molecular formula is C15H16N2O2S. The van der Waals surface area contributed by atoms with E-state index >= 15 is 0 Å². The lowest BCUT2D eigenvalue weighted by molar-refractivity contribution is 0.204. The van der Waals surface area contributed by atoms with E-state index in [1.165, 1.54) is 4.70 Å². The zero-order valence-electron chi connectivity index (χ0n) is 11.4. The highest BCUT2D eigenvalue weighted by Gasteiger charge is 2.23. The number of hydrogen-bond acceptors (Lipinski definition) is 4. The van der Waals surface area contributed by atoms with Crippen LogP contribution in [0.25, 0.3) is 10.1 Å². The van der Waals surface area contributed by atoms with Crippen molar-refractivity contribution in [3.05, 3.63) is 47.1 Å². The second kappa shape index (κ2) is 5.26. The van der Waals surface area contributed by atoms with Crippen molar-refractivity contribution in [1.82, 2.24) is 9.78 Å². The summed E-state index contributed by atoms with van der Waals surface area (Å²) in [7, 11) is 1.60. The Balaban J connectivity index is 2.13. The number of methoxy groups -OCH3 is 1. The van der Waals surface area contributed by atoms with Crippen LogP contribution in [0.4, 0.5) is 0 Å². The molecule has 1 unspecified atom stereocenters. The van der Waals surface area contributed by atoms with Crippen molar-refractivity contribution < 1.29 is 9.84 Å². The third-order valence-corrected chi connectivity index (χ3v) is 4.41. The van der Waals surface area contributed by atoms with Crippen molar-refractivity contribution in [3.63, 3.8) is 0 Å². The minimum atomic E-state index is -0.733. The molecule has 4 nitrogen and oxygen atoms in total. The van der Waals surface area contributed by atoms with Crippen molar-refractivity contribution in [2.24, 2.45) is 0 Å². The number of aliphatic hydroxyl groups excluding tert-OH is 1. The van der Waals surface area contributed by atoms with E-state index in [1.807, 2.05) is 30.5 Å². The van der Waals surface area contributed by atoms with Gasteiger partial charge in [0.2, 0.25) is 0 Å². The van der Waals surface area contributed by atoms with Gasteiger partial charge >= 0.3 is 0 Å². The fourth-order valence-electron chi connectivity index (χ4n) is 2.42. The Bertz CT molecular complexity index is 711. The van der Waals surface area contributed by atoms with Crippen LogP contribution < -0.4 is 4.74 Å². The molecule has 2 aromatic heterocycles. The third kappa shape index (κ3) is 1.99. The number of aromatic nitrogens is 2. The number of rotatable bonds is 4. The van der Waals surface area contributed by atoms with Crippen molar-refractivity contribution >= 4 is 21.4 Å². The summed E-state index contributed by atoms with van der Waals surface area (Å²) in [5, 5.41) is 18.1. The van der Waals surface area contributed by atoms with Gasteiger partial charge in [0.05, 0.1) is 13.3 Å². The Kier molecular flexibility index (Phi) is 3.46. The molecule has 2 heterocycles. The summed E-state index contributed by atoms with van der Waals surface area (Å²) in [5.41, 5.74) is 1.61. The number of hydrogen-bond donors (Lipinski definition) is 1. The average Bonchev–Trinajstić information content (AvgIpc) is 3.10. The van der Waals surface area contributed by atoms with Gasteiger partial charge in [-0.05, 0) is 23.8 Å². The van der Waals surface area contributed by atoms with Gasteiger partial charge in [-0.3, -0.25) is 4.68 Å². The molecule has 1 aromatic carbocycles. The number of ether oxygens (including phenoxy) is 1. The van der Waals surface area contributed by atoms with E-state index in [9.17, 15) is 5.11 Å². The fraction of sp³-hybridized carbons (Fsp3) is 0.267. The molecule has 20 heavy (non-hydrogen) atoms. The van der Waals surface area contributed by atoms with Crippen LogP contribution in [0.5, 0.6) is 5.75 Å². The predicted molar refractivity (Wildman–Crippen MR) is 80.3 cm³/mol. The molecule has 1 atom stereocenters. The van der Waals surface area contributed by atoms with Crippen molar-refractivity contribution in [1.29, 1.82) is 0 Å². The largest absolute Gasteiger partial charge is 0.493 e. The monoisotopic (exact) mass is 288 g/mol. The van der Waals surface area contributed by atoms with Crippen LogP contribution >= 0.6 is 11.3 Å². The lowest BCUT2D eigenvalue weighted by Crippen LogP contribution is -2.09. The molecule has 0 aliphatic heterocycles. The maximum absolute atomic E-state index is 10.8. The third-order valence-electron chi connectivity index (χ3n) is 3.43. The minimum Gasteiger partial charge on any atom is -0.493 e. The van der Waals surface area contributed by atoms with E-state index in [0.717, 1.165) is 10.9 Å². The number of fused-ring (bicyclic) bond motifs is 1. The van der Waals surface area contributed by atoms with Gasteiger partial charge in [0.1, 0.15) is 11.8 Å². The molecule has 0 amide bonds. The normalized spacial score (nSPS) is 12.8. The molecule has 0 spiro atoms. The van der Waals surface area contributed by atoms with Crippen LogP contribution in [0.1, 0.15) is 24.3 Å². The molecular weight excluding hydrogens is 272 g/mol. The van der Waals surface area contributed by atoms with Crippen LogP contribution in [-0.4, -0.2) is 22.0 Å². The second-order valence-electron chi connectivity index (χ2n) is 4.50. The van der Waals surface area contributed by atoms with Gasteiger partial charge < -0.3 is 9.84 Å². The molecule has 3 rings (SSSR count). The minimum absolute atomic E-state index is 0.620. The van der Waals surface area contributed by atoms with Gasteiger partial charge in [0.25, 0.3) is 0 Å². The molecule has 104 valence electrons. The fourth-order valence-corrected chi connectivity index (χ4v) is 3.40. The summed E-state index contributed by atoms with van der Waals surface area (Å²) in [6.07, 6.45) is 0.917. The number of aliphatic hydroxyl groups is 1. The number of thiophene rings is 1. The van der Waals surface area contributed by atoms with Crippen molar-refractivity contribution in [2.75, 3.05) is 7.11 Å². The van der Waals surface area contributed by atoms with E-state index in [2.05, 4.69) is 11.2 Å². The molecule has 3 aromatic rings. The first-order valence-electron chi connectivity index (χ1n) is 6.50. The Hall–Kier alpha value is -1.85. The van der Waals surface area contributed by atoms with Gasteiger partial charge in [-0.1, -0.05) is 18.2 Å². The van der Waals surface area contributed by atoms with E-state index < -0.39 is 6.10 Å². The highest BCUT2D eigenvalue weighted by molar-refractivity contribution is 7.17. The summed E-state index contributed by atoms with van der Waals surface area (Å²) in [6, 6.07) is 8.08. The standard InChI is InChI=1S/C15H16N2O2S/c1-3-17-14(12(19-2)8-16-17)15(18)11-9-20-13-7-5-4-6-10(11)13/h4-9,15,18H,3H2,1-2H3. The van der Waals surface area contributed by atoms with Crippen molar-refractivity contribution in [3.8, 4) is 5.75 Å². The van der Waals surface area contributed by atoms with Gasteiger partial charge in [-0.2, -0.15) is 5.10 Å². The first-order valence-corrected chi connectivity index (χ1v) is 7.38. The molecule has 1 N–H and O–H groups in total. The molecule has 0 saturated heterocycles. The van der Waals surface area contributed by atoms with E-state index in [1.54, 1.807) is 29.3 Å². The summed E-state index contributed by atoms with van der Waals surface area (Å²) < 4.78 is 8.26. The van der Waals surface area contributed by atoms with Crippen LogP contribution in [-0.2, 0) is 6.54 Å². The summed E-state index contributed by atoms with van der Waals surface area (Å²) in [6.45, 7) is 2.69. The zero-order valence-corrected chi connectivity index (χ0v) is 12.2. The molecule has 5 heteroatoms. The van der Waals surface area contributed by atoms with Crippen LogP contribution in [0.2, 0.25) is 0 Å². The Labute approximate surface area is 121 Å². The van der Waals surface area contributed by atoms with Crippen LogP contribution in [0.15, 0.2) is 35.8 Å². The Morgan fingerprint density at radius 3 is 2.95 bits per heavy atom. The van der Waals surface area contributed by atoms with Crippen LogP contribution in [0.3, 0.4) is 0 Å². The quantitative estimate of drug-likeness (QED) is 0.802. The van der Waals surface area contributed by atoms with Gasteiger partial charge in [-0.25, -0.2) is 0 Å². The van der Waals surface area contributed by atoms with E-state index in [4.69, 9.17) is 4.74 Å². The maximum atomic E-state index is 10.8. The molecule has 0 bridgehead atoms. The summed E-state index contributed by atoms with van der Waals surface area (Å²) in [4.78, 5) is 0. The van der Waals surface area contributed by atoms with E-state index in [-0.39, 0.29) is 0 Å². The highest BCUT2D eigenvalue weighted by atomic mass is 32.1. The first-order chi connectivity index (χ1) is 9.76. The van der Waals surface area contributed by atoms with E-state index in [0.29, 0.717) is 18.0 Å². The zero-order chi connectivity index (χ0) is 14.1. The van der Waals surface area contributed by atoms with Gasteiger partial charge in [-0.15, -0.1) is 11.3 Å². The van der Waals surface area contributed by atoms with Crippen molar-refractivity contribution in [2.45, 2.75) is 19.6 Å². The SMILES string of the molecule is CCn1ncc(OC)c1C(O)c1csc2ccccc12. The smallest absolute Gasteiger partial charge is 0.163 e. The number of aryl methyl sites for hydroxylation is 1. The Morgan fingerprint density at radius 1 is 1.40 bits per heavy atom. The summed E-state index contributed by atoms with van der Waals surface area (Å²) >= 11 is 1.64. The second-order valence-corrected chi connectivity index (χ2v) is 5.41. The average molecular weight is 288 g/mol. The summed E-state index contributed by atoms with van der Waals surface area (Å²) in [5.74, 6) is 0.620. The first kappa shape index (κ1) is 13.1. The van der Waals surface area contributed by atoms with Gasteiger partial charge in [0.15, 0.2) is 5.75 Å². The lowest BCUT2D eigenvalue weighted by atomic mass is 10.1. The predicted octanol–water partition coefficient (Wildman–Crippen LogP) is 3.21. The van der Waals surface area contributed by atoms with Gasteiger partial charge in [0, 0.05) is 16.8 Å². The molecule has 0 fully saturated rings. The molecule has 0 saturated carbocycles. The maximum Gasteiger partial charge on any atom is 0.163 e.